The van der Waals surface area contributed by atoms with Gasteiger partial charge in [-0.25, -0.2) is 0 Å². The van der Waals surface area contributed by atoms with Crippen molar-refractivity contribution < 1.29 is 14.3 Å². The highest BCUT2D eigenvalue weighted by atomic mass is 16.5. The maximum Gasteiger partial charge on any atom is 0.254 e. The molecule has 2 heterocycles. The lowest BCUT2D eigenvalue weighted by Crippen LogP contribution is -2.43. The second-order valence-electron chi connectivity index (χ2n) is 7.22. The molecule has 2 saturated heterocycles. The molecule has 2 aliphatic heterocycles. The lowest BCUT2D eigenvalue weighted by Gasteiger charge is -2.33. The SMILES string of the molecule is Cc1cc(C(=O)N2CCCC[C@H]2C)ccc1NCC(=O)N1CCOCC1. The van der Waals surface area contributed by atoms with Crippen LogP contribution in [0.1, 0.15) is 42.1 Å². The van der Waals surface area contributed by atoms with E-state index in [-0.39, 0.29) is 18.4 Å². The second kappa shape index (κ2) is 8.54. The fourth-order valence-electron chi connectivity index (χ4n) is 3.66. The number of rotatable bonds is 4. The third-order valence-corrected chi connectivity index (χ3v) is 5.33. The third kappa shape index (κ3) is 4.36. The van der Waals surface area contributed by atoms with Crippen molar-refractivity contribution in [3.63, 3.8) is 0 Å². The molecule has 1 atom stereocenters. The molecule has 6 nitrogen and oxygen atoms in total. The van der Waals surface area contributed by atoms with Crippen molar-refractivity contribution in [2.75, 3.05) is 44.7 Å². The molecule has 2 aliphatic rings. The van der Waals surface area contributed by atoms with Gasteiger partial charge in [-0.05, 0) is 56.9 Å². The first-order valence-corrected chi connectivity index (χ1v) is 9.57. The maximum absolute atomic E-state index is 12.8. The monoisotopic (exact) mass is 359 g/mol. The van der Waals surface area contributed by atoms with Gasteiger partial charge in [0.25, 0.3) is 5.91 Å². The molecule has 0 saturated carbocycles. The molecule has 0 aliphatic carbocycles. The number of morpholine rings is 1. The van der Waals surface area contributed by atoms with Crippen LogP contribution in [0, 0.1) is 6.92 Å². The van der Waals surface area contributed by atoms with Crippen molar-refractivity contribution >= 4 is 17.5 Å². The van der Waals surface area contributed by atoms with Crippen LogP contribution in [0.4, 0.5) is 5.69 Å². The maximum atomic E-state index is 12.8. The van der Waals surface area contributed by atoms with Gasteiger partial charge < -0.3 is 19.9 Å². The van der Waals surface area contributed by atoms with Crippen molar-refractivity contribution in [3.05, 3.63) is 29.3 Å². The smallest absolute Gasteiger partial charge is 0.254 e. The molecule has 2 fully saturated rings. The molecular formula is C20H29N3O3. The molecule has 1 N–H and O–H groups in total. The van der Waals surface area contributed by atoms with E-state index in [1.54, 1.807) is 0 Å². The predicted molar refractivity (Wildman–Crippen MR) is 101 cm³/mol. The van der Waals surface area contributed by atoms with Gasteiger partial charge >= 0.3 is 0 Å². The van der Waals surface area contributed by atoms with Gasteiger partial charge in [0, 0.05) is 36.9 Å². The Kier molecular flexibility index (Phi) is 6.14. The van der Waals surface area contributed by atoms with Gasteiger partial charge in [0.2, 0.25) is 5.91 Å². The zero-order valence-electron chi connectivity index (χ0n) is 15.8. The van der Waals surface area contributed by atoms with Crippen molar-refractivity contribution in [2.45, 2.75) is 39.2 Å². The van der Waals surface area contributed by atoms with E-state index >= 15 is 0 Å². The molecule has 0 unspecified atom stereocenters. The number of likely N-dealkylation sites (tertiary alicyclic amines) is 1. The summed E-state index contributed by atoms with van der Waals surface area (Å²) in [5, 5.41) is 3.21. The van der Waals surface area contributed by atoms with Crippen molar-refractivity contribution in [2.24, 2.45) is 0 Å². The van der Waals surface area contributed by atoms with Gasteiger partial charge in [-0.3, -0.25) is 9.59 Å². The lowest BCUT2D eigenvalue weighted by molar-refractivity contribution is -0.133. The minimum atomic E-state index is 0.0787. The molecule has 2 amide bonds. The Labute approximate surface area is 155 Å². The fourth-order valence-corrected chi connectivity index (χ4v) is 3.66. The first-order valence-electron chi connectivity index (χ1n) is 9.57. The van der Waals surface area contributed by atoms with E-state index in [0.717, 1.165) is 36.2 Å². The minimum absolute atomic E-state index is 0.0787. The van der Waals surface area contributed by atoms with Crippen LogP contribution in [-0.4, -0.2) is 67.0 Å². The zero-order chi connectivity index (χ0) is 18.5. The summed E-state index contributed by atoms with van der Waals surface area (Å²) in [6.07, 6.45) is 3.36. The molecular weight excluding hydrogens is 330 g/mol. The van der Waals surface area contributed by atoms with Gasteiger partial charge in [-0.1, -0.05) is 0 Å². The summed E-state index contributed by atoms with van der Waals surface area (Å²) in [6, 6.07) is 5.99. The summed E-state index contributed by atoms with van der Waals surface area (Å²) < 4.78 is 5.27. The van der Waals surface area contributed by atoms with E-state index in [4.69, 9.17) is 4.74 Å². The zero-order valence-corrected chi connectivity index (χ0v) is 15.8. The normalized spacial score (nSPS) is 20.8. The summed E-state index contributed by atoms with van der Waals surface area (Å²) in [6.45, 7) is 7.72. The highest BCUT2D eigenvalue weighted by Crippen LogP contribution is 2.22. The van der Waals surface area contributed by atoms with Crippen LogP contribution in [0.3, 0.4) is 0 Å². The average molecular weight is 359 g/mol. The van der Waals surface area contributed by atoms with E-state index in [2.05, 4.69) is 12.2 Å². The molecule has 1 aromatic rings. The molecule has 26 heavy (non-hydrogen) atoms. The number of anilines is 1. The Hall–Kier alpha value is -2.08. The Bertz CT molecular complexity index is 656. The predicted octanol–water partition coefficient (Wildman–Crippen LogP) is 2.28. The summed E-state index contributed by atoms with van der Waals surface area (Å²) >= 11 is 0. The van der Waals surface area contributed by atoms with Gasteiger partial charge in [0.15, 0.2) is 0 Å². The molecule has 0 radical (unpaired) electrons. The van der Waals surface area contributed by atoms with Crippen LogP contribution < -0.4 is 5.32 Å². The van der Waals surface area contributed by atoms with Crippen LogP contribution in [0.25, 0.3) is 0 Å². The largest absolute Gasteiger partial charge is 0.378 e. The van der Waals surface area contributed by atoms with Crippen LogP contribution >= 0.6 is 0 Å². The average Bonchev–Trinajstić information content (AvgIpc) is 2.67. The Morgan fingerprint density at radius 2 is 1.96 bits per heavy atom. The van der Waals surface area contributed by atoms with Gasteiger partial charge in [-0.15, -0.1) is 0 Å². The van der Waals surface area contributed by atoms with Crippen molar-refractivity contribution in [1.29, 1.82) is 0 Å². The summed E-state index contributed by atoms with van der Waals surface area (Å²) in [5.74, 6) is 0.186. The number of aryl methyl sites for hydroxylation is 1. The van der Waals surface area contributed by atoms with E-state index in [0.29, 0.717) is 32.3 Å². The number of ether oxygens (including phenoxy) is 1. The molecule has 3 rings (SSSR count). The van der Waals surface area contributed by atoms with Gasteiger partial charge in [0.05, 0.1) is 19.8 Å². The quantitative estimate of drug-likeness (QED) is 0.896. The third-order valence-electron chi connectivity index (χ3n) is 5.33. The molecule has 0 aromatic heterocycles. The molecule has 0 bridgehead atoms. The topological polar surface area (TPSA) is 61.9 Å². The standard InChI is InChI=1S/C20H29N3O3/c1-15-13-17(20(25)23-8-4-3-5-16(23)2)6-7-18(15)21-14-19(24)22-9-11-26-12-10-22/h6-7,13,16,21H,3-5,8-12,14H2,1-2H3/t16-/m1/s1. The molecule has 6 heteroatoms. The van der Waals surface area contributed by atoms with E-state index in [1.165, 1.54) is 6.42 Å². The number of nitrogens with zero attached hydrogens (tertiary/aromatic N) is 2. The van der Waals surface area contributed by atoms with Gasteiger partial charge in [-0.2, -0.15) is 0 Å². The van der Waals surface area contributed by atoms with Crippen LogP contribution in [0.5, 0.6) is 0 Å². The van der Waals surface area contributed by atoms with Gasteiger partial charge in [0.1, 0.15) is 0 Å². The number of carbonyl (C=O) groups excluding carboxylic acids is 2. The van der Waals surface area contributed by atoms with Crippen molar-refractivity contribution in [3.8, 4) is 0 Å². The number of piperidine rings is 1. The second-order valence-corrected chi connectivity index (χ2v) is 7.22. The summed E-state index contributed by atoms with van der Waals surface area (Å²) in [7, 11) is 0. The Balaban J connectivity index is 1.60. The number of amides is 2. The highest BCUT2D eigenvalue weighted by Gasteiger charge is 2.24. The number of nitrogens with one attached hydrogen (secondary N) is 1. The molecule has 0 spiro atoms. The number of benzene rings is 1. The van der Waals surface area contributed by atoms with Crippen molar-refractivity contribution in [1.82, 2.24) is 9.80 Å². The molecule has 1 aromatic carbocycles. The number of carbonyl (C=O) groups is 2. The van der Waals surface area contributed by atoms with E-state index in [9.17, 15) is 9.59 Å². The minimum Gasteiger partial charge on any atom is -0.378 e. The fraction of sp³-hybridized carbons (Fsp3) is 0.600. The van der Waals surface area contributed by atoms with E-state index < -0.39 is 0 Å². The number of hydrogen-bond acceptors (Lipinski definition) is 4. The Morgan fingerprint density at radius 1 is 1.19 bits per heavy atom. The number of hydrogen-bond donors (Lipinski definition) is 1. The summed E-state index contributed by atoms with van der Waals surface area (Å²) in [5.41, 5.74) is 2.60. The molecule has 142 valence electrons. The van der Waals surface area contributed by atoms with Crippen LogP contribution in [0.15, 0.2) is 18.2 Å². The lowest BCUT2D eigenvalue weighted by atomic mass is 10.0. The Morgan fingerprint density at radius 3 is 2.65 bits per heavy atom. The first kappa shape index (κ1) is 18.7. The highest BCUT2D eigenvalue weighted by molar-refractivity contribution is 5.95. The van der Waals surface area contributed by atoms with E-state index in [1.807, 2.05) is 34.9 Å². The van der Waals surface area contributed by atoms with Crippen LogP contribution in [0.2, 0.25) is 0 Å². The summed E-state index contributed by atoms with van der Waals surface area (Å²) in [4.78, 5) is 28.8. The van der Waals surface area contributed by atoms with Crippen LogP contribution in [-0.2, 0) is 9.53 Å². The first-order chi connectivity index (χ1) is 12.6.